The van der Waals surface area contributed by atoms with Crippen LogP contribution in [0.5, 0.6) is 0 Å². The van der Waals surface area contributed by atoms with E-state index < -0.39 is 0 Å². The smallest absolute Gasteiger partial charge is 0.155 e. The Balaban J connectivity index is 3.22. The van der Waals surface area contributed by atoms with Gasteiger partial charge in [0.25, 0.3) is 0 Å². The van der Waals surface area contributed by atoms with Gasteiger partial charge in [0.05, 0.1) is 6.61 Å². The first-order valence-electron chi connectivity index (χ1n) is 5.11. The van der Waals surface area contributed by atoms with E-state index in [2.05, 4.69) is 6.92 Å². The van der Waals surface area contributed by atoms with Gasteiger partial charge in [0, 0.05) is 6.42 Å². The molecular formula is C11H20O2. The van der Waals surface area contributed by atoms with E-state index in [0.717, 1.165) is 12.8 Å². The van der Waals surface area contributed by atoms with Crippen LogP contribution in [0.15, 0.2) is 12.2 Å². The summed E-state index contributed by atoms with van der Waals surface area (Å²) in [6.45, 7) is 2.14. The summed E-state index contributed by atoms with van der Waals surface area (Å²) in [5.41, 5.74) is 0. The van der Waals surface area contributed by atoms with Crippen LogP contribution in [0.4, 0.5) is 0 Å². The van der Waals surface area contributed by atoms with Crippen LogP contribution in [-0.4, -0.2) is 17.5 Å². The Morgan fingerprint density at radius 1 is 1.23 bits per heavy atom. The Morgan fingerprint density at radius 2 is 1.92 bits per heavy atom. The molecule has 0 spiro atoms. The van der Waals surface area contributed by atoms with E-state index in [4.69, 9.17) is 5.11 Å². The van der Waals surface area contributed by atoms with Gasteiger partial charge in [-0.2, -0.15) is 0 Å². The molecule has 0 aromatic carbocycles. The fourth-order valence-corrected chi connectivity index (χ4v) is 1.17. The number of aliphatic hydroxyl groups is 1. The Morgan fingerprint density at radius 3 is 2.54 bits per heavy atom. The summed E-state index contributed by atoms with van der Waals surface area (Å²) < 4.78 is 0. The van der Waals surface area contributed by atoms with Crippen molar-refractivity contribution in [1.29, 1.82) is 0 Å². The maximum Gasteiger partial charge on any atom is 0.155 e. The minimum atomic E-state index is -0.0401. The summed E-state index contributed by atoms with van der Waals surface area (Å²) in [7, 11) is 0. The fraction of sp³-hybridized carbons (Fsp3) is 0.727. The van der Waals surface area contributed by atoms with Crippen LogP contribution >= 0.6 is 0 Å². The monoisotopic (exact) mass is 184 g/mol. The Bertz CT molecular complexity index is 150. The molecule has 0 aromatic heterocycles. The van der Waals surface area contributed by atoms with E-state index in [1.807, 2.05) is 0 Å². The van der Waals surface area contributed by atoms with Gasteiger partial charge in [-0.25, -0.2) is 0 Å². The van der Waals surface area contributed by atoms with Crippen molar-refractivity contribution in [1.82, 2.24) is 0 Å². The van der Waals surface area contributed by atoms with Crippen molar-refractivity contribution in [2.45, 2.75) is 45.4 Å². The molecule has 0 aliphatic carbocycles. The van der Waals surface area contributed by atoms with Crippen LogP contribution < -0.4 is 0 Å². The molecule has 2 heteroatoms. The predicted molar refractivity (Wildman–Crippen MR) is 54.6 cm³/mol. The number of rotatable bonds is 8. The third kappa shape index (κ3) is 9.28. The topological polar surface area (TPSA) is 37.3 Å². The number of aliphatic hydroxyl groups excluding tert-OH is 1. The maximum atomic E-state index is 11.0. The summed E-state index contributed by atoms with van der Waals surface area (Å²) in [5.74, 6) is 0.130. The first-order chi connectivity index (χ1) is 6.31. The molecule has 0 radical (unpaired) electrons. The zero-order chi connectivity index (χ0) is 9.94. The van der Waals surface area contributed by atoms with Crippen molar-refractivity contribution in [3.05, 3.63) is 12.2 Å². The highest BCUT2D eigenvalue weighted by Gasteiger charge is 1.95. The zero-order valence-corrected chi connectivity index (χ0v) is 8.46. The van der Waals surface area contributed by atoms with Crippen molar-refractivity contribution in [3.63, 3.8) is 0 Å². The van der Waals surface area contributed by atoms with E-state index in [-0.39, 0.29) is 12.4 Å². The Hall–Kier alpha value is -0.630. The van der Waals surface area contributed by atoms with Crippen LogP contribution in [0.1, 0.15) is 45.4 Å². The van der Waals surface area contributed by atoms with Gasteiger partial charge < -0.3 is 5.11 Å². The van der Waals surface area contributed by atoms with Gasteiger partial charge in [0.1, 0.15) is 0 Å². The average Bonchev–Trinajstić information content (AvgIpc) is 2.14. The second-order valence-electron chi connectivity index (χ2n) is 3.22. The lowest BCUT2D eigenvalue weighted by molar-refractivity contribution is -0.114. The summed E-state index contributed by atoms with van der Waals surface area (Å²) in [6, 6.07) is 0. The van der Waals surface area contributed by atoms with Crippen molar-refractivity contribution >= 4 is 5.78 Å². The summed E-state index contributed by atoms with van der Waals surface area (Å²) in [5, 5.41) is 8.42. The van der Waals surface area contributed by atoms with Crippen LogP contribution in [-0.2, 0) is 4.79 Å². The first-order valence-corrected chi connectivity index (χ1v) is 5.11. The number of hydrogen-bond acceptors (Lipinski definition) is 2. The molecule has 0 amide bonds. The zero-order valence-electron chi connectivity index (χ0n) is 8.46. The molecule has 0 aromatic rings. The second-order valence-corrected chi connectivity index (χ2v) is 3.22. The second kappa shape index (κ2) is 9.46. The molecule has 0 fully saturated rings. The molecular weight excluding hydrogens is 164 g/mol. The van der Waals surface area contributed by atoms with E-state index in [1.54, 1.807) is 0 Å². The Kier molecular flexibility index (Phi) is 9.00. The lowest BCUT2D eigenvalue weighted by Crippen LogP contribution is -1.92. The maximum absolute atomic E-state index is 11.0. The van der Waals surface area contributed by atoms with Crippen LogP contribution in [0.25, 0.3) is 0 Å². The standard InChI is InChI=1S/C11H20O2/c1-2-3-4-5-6-8-11(13)9-7-10-12/h7,9,12H,2-6,8,10H2,1H3. The van der Waals surface area contributed by atoms with Crippen molar-refractivity contribution in [2.24, 2.45) is 0 Å². The highest BCUT2D eigenvalue weighted by molar-refractivity contribution is 5.89. The number of carbonyl (C=O) groups excluding carboxylic acids is 1. The van der Waals surface area contributed by atoms with Gasteiger partial charge in [-0.1, -0.05) is 38.7 Å². The minimum absolute atomic E-state index is 0.0401. The largest absolute Gasteiger partial charge is 0.392 e. The van der Waals surface area contributed by atoms with Gasteiger partial charge >= 0.3 is 0 Å². The molecule has 0 atom stereocenters. The molecule has 0 aliphatic rings. The molecule has 0 saturated heterocycles. The summed E-state index contributed by atoms with van der Waals surface area (Å²) in [6.07, 6.45) is 9.45. The number of carbonyl (C=O) groups is 1. The molecule has 0 bridgehead atoms. The average molecular weight is 184 g/mol. The number of allylic oxidation sites excluding steroid dienone is 1. The quantitative estimate of drug-likeness (QED) is 0.465. The summed E-state index contributed by atoms with van der Waals surface area (Å²) >= 11 is 0. The van der Waals surface area contributed by atoms with Gasteiger partial charge in [-0.3, -0.25) is 4.79 Å². The molecule has 0 unspecified atom stereocenters. The predicted octanol–water partition coefficient (Wildman–Crippen LogP) is 2.46. The van der Waals surface area contributed by atoms with E-state index >= 15 is 0 Å². The highest BCUT2D eigenvalue weighted by atomic mass is 16.2. The lowest BCUT2D eigenvalue weighted by Gasteiger charge is -1.96. The van der Waals surface area contributed by atoms with E-state index in [0.29, 0.717) is 6.42 Å². The van der Waals surface area contributed by atoms with Gasteiger partial charge in [-0.15, -0.1) is 0 Å². The molecule has 1 N–H and O–H groups in total. The molecule has 76 valence electrons. The molecule has 0 rings (SSSR count). The van der Waals surface area contributed by atoms with E-state index in [9.17, 15) is 4.79 Å². The molecule has 2 nitrogen and oxygen atoms in total. The van der Waals surface area contributed by atoms with Crippen LogP contribution in [0.3, 0.4) is 0 Å². The fourth-order valence-electron chi connectivity index (χ4n) is 1.17. The van der Waals surface area contributed by atoms with Gasteiger partial charge in [-0.05, 0) is 12.5 Å². The third-order valence-electron chi connectivity index (χ3n) is 1.94. The van der Waals surface area contributed by atoms with Crippen molar-refractivity contribution < 1.29 is 9.90 Å². The van der Waals surface area contributed by atoms with E-state index in [1.165, 1.54) is 31.4 Å². The lowest BCUT2D eigenvalue weighted by atomic mass is 10.1. The summed E-state index contributed by atoms with van der Waals surface area (Å²) in [4.78, 5) is 11.0. The molecule has 13 heavy (non-hydrogen) atoms. The third-order valence-corrected chi connectivity index (χ3v) is 1.94. The molecule has 0 aliphatic heterocycles. The number of ketones is 1. The van der Waals surface area contributed by atoms with Crippen LogP contribution in [0.2, 0.25) is 0 Å². The molecule has 0 saturated carbocycles. The normalized spacial score (nSPS) is 10.9. The number of hydrogen-bond donors (Lipinski definition) is 1. The minimum Gasteiger partial charge on any atom is -0.392 e. The van der Waals surface area contributed by atoms with Crippen LogP contribution in [0, 0.1) is 0 Å². The van der Waals surface area contributed by atoms with Gasteiger partial charge in [0.2, 0.25) is 0 Å². The van der Waals surface area contributed by atoms with Gasteiger partial charge in [0.15, 0.2) is 5.78 Å². The number of unbranched alkanes of at least 4 members (excludes halogenated alkanes) is 4. The molecule has 0 heterocycles. The Labute approximate surface area is 80.7 Å². The first kappa shape index (κ1) is 12.4. The SMILES string of the molecule is CCCCCCCC(=O)C=CCO. The van der Waals surface area contributed by atoms with Crippen molar-refractivity contribution in [3.8, 4) is 0 Å². The van der Waals surface area contributed by atoms with Crippen molar-refractivity contribution in [2.75, 3.05) is 6.61 Å². The highest BCUT2D eigenvalue weighted by Crippen LogP contribution is 2.05.